The maximum absolute atomic E-state index is 11.6. The van der Waals surface area contributed by atoms with Crippen molar-refractivity contribution in [2.45, 2.75) is 32.1 Å². The Kier molecular flexibility index (Phi) is 5.99. The quantitative estimate of drug-likeness (QED) is 0.430. The summed E-state index contributed by atoms with van der Waals surface area (Å²) in [6, 6.07) is 0. The number of carbonyl (C=O) groups is 3. The molecule has 0 amide bonds. The van der Waals surface area contributed by atoms with E-state index >= 15 is 0 Å². The number of rotatable bonds is 5. The zero-order valence-corrected chi connectivity index (χ0v) is 11.2. The minimum atomic E-state index is -0.607. The van der Waals surface area contributed by atoms with Crippen molar-refractivity contribution in [3.63, 3.8) is 0 Å². The van der Waals surface area contributed by atoms with Crippen LogP contribution in [0.15, 0.2) is 22.8 Å². The lowest BCUT2D eigenvalue weighted by Gasteiger charge is -2.17. The lowest BCUT2D eigenvalue weighted by Crippen LogP contribution is -2.11. The second-order valence-electron chi connectivity index (χ2n) is 4.31. The Hall–Kier alpha value is -1.91. The molecule has 0 bridgehead atoms. The van der Waals surface area contributed by atoms with Crippen LogP contribution in [0.4, 0.5) is 0 Å². The first-order valence-corrected chi connectivity index (χ1v) is 6.15. The maximum Gasteiger partial charge on any atom is 0.334 e. The van der Waals surface area contributed by atoms with Gasteiger partial charge in [-0.15, -0.1) is 0 Å². The third kappa shape index (κ3) is 4.35. The minimum Gasteiger partial charge on any atom is -0.466 e. The average Bonchev–Trinajstić information content (AvgIpc) is 2.45. The van der Waals surface area contributed by atoms with Gasteiger partial charge in [-0.1, -0.05) is 5.57 Å². The Morgan fingerprint density at radius 2 is 1.84 bits per heavy atom. The minimum absolute atomic E-state index is 0.214. The van der Waals surface area contributed by atoms with Gasteiger partial charge in [-0.05, 0) is 31.3 Å². The molecule has 5 nitrogen and oxygen atoms in total. The summed E-state index contributed by atoms with van der Waals surface area (Å²) in [5.41, 5.74) is 1.85. The molecule has 0 unspecified atom stereocenters. The highest BCUT2D eigenvalue weighted by molar-refractivity contribution is 5.96. The summed E-state index contributed by atoms with van der Waals surface area (Å²) in [7, 11) is 2.49. The number of methoxy groups -OCH3 is 2. The second kappa shape index (κ2) is 7.51. The molecule has 19 heavy (non-hydrogen) atoms. The van der Waals surface area contributed by atoms with Crippen LogP contribution >= 0.6 is 0 Å². The molecule has 1 aliphatic rings. The van der Waals surface area contributed by atoms with Crippen molar-refractivity contribution in [2.24, 2.45) is 0 Å². The molecule has 0 aliphatic heterocycles. The van der Waals surface area contributed by atoms with Gasteiger partial charge in [0.15, 0.2) is 0 Å². The van der Waals surface area contributed by atoms with Gasteiger partial charge in [0.1, 0.15) is 6.29 Å². The smallest absolute Gasteiger partial charge is 0.334 e. The molecule has 0 radical (unpaired) electrons. The summed E-state index contributed by atoms with van der Waals surface area (Å²) in [5, 5.41) is 0. The molecule has 0 aromatic carbocycles. The Balaban J connectivity index is 2.97. The lowest BCUT2D eigenvalue weighted by molar-refractivity contribution is -0.138. The molecule has 0 fully saturated rings. The fourth-order valence-corrected chi connectivity index (χ4v) is 2.08. The van der Waals surface area contributed by atoms with E-state index in [0.717, 1.165) is 49.2 Å². The largest absolute Gasteiger partial charge is 0.466 e. The molecule has 0 aromatic heterocycles. The van der Waals surface area contributed by atoms with Crippen molar-refractivity contribution < 1.29 is 23.9 Å². The Labute approximate surface area is 112 Å². The van der Waals surface area contributed by atoms with Crippen LogP contribution in [0.1, 0.15) is 32.1 Å². The number of hydrogen-bond donors (Lipinski definition) is 0. The van der Waals surface area contributed by atoms with Crippen LogP contribution in [-0.2, 0) is 23.9 Å². The number of carbonyl (C=O) groups excluding carboxylic acids is 3. The van der Waals surface area contributed by atoms with Crippen molar-refractivity contribution in [3.8, 4) is 0 Å². The summed E-state index contributed by atoms with van der Waals surface area (Å²) in [5.74, 6) is -1.18. The summed E-state index contributed by atoms with van der Waals surface area (Å²) in [6.45, 7) is 0. The van der Waals surface area contributed by atoms with Gasteiger partial charge < -0.3 is 9.47 Å². The van der Waals surface area contributed by atoms with Crippen LogP contribution in [0.2, 0.25) is 0 Å². The number of aldehydes is 1. The zero-order chi connectivity index (χ0) is 14.3. The van der Waals surface area contributed by atoms with Gasteiger partial charge in [-0.2, -0.15) is 0 Å². The maximum atomic E-state index is 11.6. The molecule has 0 spiro atoms. The fraction of sp³-hybridized carbons (Fsp3) is 0.500. The second-order valence-corrected chi connectivity index (χ2v) is 4.31. The van der Waals surface area contributed by atoms with Gasteiger partial charge in [0, 0.05) is 18.1 Å². The molecular formula is C14H18O5. The SMILES string of the molecule is COC(=O)/C=C(/CC1=C(C=O)CCCC1)C(=O)OC. The van der Waals surface area contributed by atoms with E-state index in [2.05, 4.69) is 9.47 Å². The third-order valence-electron chi connectivity index (χ3n) is 3.12. The highest BCUT2D eigenvalue weighted by Gasteiger charge is 2.18. The van der Waals surface area contributed by atoms with Crippen LogP contribution in [0.5, 0.6) is 0 Å². The van der Waals surface area contributed by atoms with E-state index in [4.69, 9.17) is 0 Å². The van der Waals surface area contributed by atoms with Gasteiger partial charge in [0.2, 0.25) is 0 Å². The van der Waals surface area contributed by atoms with E-state index in [-0.39, 0.29) is 12.0 Å². The molecule has 1 aliphatic carbocycles. The van der Waals surface area contributed by atoms with E-state index in [0.29, 0.717) is 0 Å². The highest BCUT2D eigenvalue weighted by Crippen LogP contribution is 2.28. The third-order valence-corrected chi connectivity index (χ3v) is 3.12. The van der Waals surface area contributed by atoms with E-state index in [1.165, 1.54) is 14.2 Å². The van der Waals surface area contributed by atoms with E-state index < -0.39 is 11.9 Å². The zero-order valence-electron chi connectivity index (χ0n) is 11.2. The Morgan fingerprint density at radius 3 is 2.42 bits per heavy atom. The van der Waals surface area contributed by atoms with Crippen LogP contribution < -0.4 is 0 Å². The monoisotopic (exact) mass is 266 g/mol. The van der Waals surface area contributed by atoms with Crippen molar-refractivity contribution in [1.82, 2.24) is 0 Å². The van der Waals surface area contributed by atoms with Gasteiger partial charge in [0.25, 0.3) is 0 Å². The topological polar surface area (TPSA) is 69.7 Å². The summed E-state index contributed by atoms with van der Waals surface area (Å²) in [4.78, 5) is 33.9. The fourth-order valence-electron chi connectivity index (χ4n) is 2.08. The highest BCUT2D eigenvalue weighted by atomic mass is 16.5. The predicted octanol–water partition coefficient (Wildman–Crippen LogP) is 1.72. The lowest BCUT2D eigenvalue weighted by atomic mass is 9.88. The van der Waals surface area contributed by atoms with Crippen molar-refractivity contribution >= 4 is 18.2 Å². The van der Waals surface area contributed by atoms with Crippen molar-refractivity contribution in [3.05, 3.63) is 22.8 Å². The van der Waals surface area contributed by atoms with E-state index in [1.54, 1.807) is 0 Å². The first-order chi connectivity index (χ1) is 9.12. The van der Waals surface area contributed by atoms with Crippen LogP contribution in [0.25, 0.3) is 0 Å². The normalized spacial score (nSPS) is 16.0. The summed E-state index contributed by atoms with van der Waals surface area (Å²) < 4.78 is 9.15. The van der Waals surface area contributed by atoms with Gasteiger partial charge in [-0.25, -0.2) is 9.59 Å². The van der Waals surface area contributed by atoms with Crippen LogP contribution in [-0.4, -0.2) is 32.4 Å². The molecule has 0 saturated heterocycles. The van der Waals surface area contributed by atoms with E-state index in [9.17, 15) is 14.4 Å². The number of hydrogen-bond acceptors (Lipinski definition) is 5. The molecule has 0 heterocycles. The molecule has 0 aromatic rings. The standard InChI is InChI=1S/C14H18O5/c1-18-13(16)8-12(14(17)19-2)7-10-5-3-4-6-11(10)9-15/h8-9H,3-7H2,1-2H3/b12-8-. The van der Waals surface area contributed by atoms with E-state index in [1.807, 2.05) is 0 Å². The molecule has 0 N–H and O–H groups in total. The van der Waals surface area contributed by atoms with Crippen LogP contribution in [0, 0.1) is 0 Å². The summed E-state index contributed by atoms with van der Waals surface area (Å²) in [6.07, 6.45) is 5.67. The molecule has 1 rings (SSSR count). The van der Waals surface area contributed by atoms with Crippen molar-refractivity contribution in [1.29, 1.82) is 0 Å². The van der Waals surface area contributed by atoms with Gasteiger partial charge >= 0.3 is 11.9 Å². The summed E-state index contributed by atoms with van der Waals surface area (Å²) >= 11 is 0. The molecule has 0 saturated carbocycles. The average molecular weight is 266 g/mol. The van der Waals surface area contributed by atoms with Gasteiger partial charge in [0.05, 0.1) is 14.2 Å². The number of esters is 2. The first kappa shape index (κ1) is 15.1. The number of allylic oxidation sites excluding steroid dienone is 2. The Bertz CT molecular complexity index is 431. The van der Waals surface area contributed by atoms with Crippen molar-refractivity contribution in [2.75, 3.05) is 14.2 Å². The van der Waals surface area contributed by atoms with Crippen LogP contribution in [0.3, 0.4) is 0 Å². The number of ether oxygens (including phenoxy) is 2. The molecule has 104 valence electrons. The molecule has 0 atom stereocenters. The Morgan fingerprint density at radius 1 is 1.16 bits per heavy atom. The molecular weight excluding hydrogens is 248 g/mol. The predicted molar refractivity (Wildman–Crippen MR) is 68.3 cm³/mol. The van der Waals surface area contributed by atoms with Gasteiger partial charge in [-0.3, -0.25) is 4.79 Å². The molecule has 5 heteroatoms. The first-order valence-electron chi connectivity index (χ1n) is 6.15.